The third-order valence-corrected chi connectivity index (χ3v) is 4.15. The molecular formula is C12H17IN6O3. The molecule has 2 aromatic heterocycles. The monoisotopic (exact) mass is 420 g/mol. The number of nitrogens with zero attached hydrogens (tertiary/aromatic N) is 4. The van der Waals surface area contributed by atoms with Gasteiger partial charge in [0, 0.05) is 17.5 Å². The van der Waals surface area contributed by atoms with Gasteiger partial charge in [0.2, 0.25) is 0 Å². The van der Waals surface area contributed by atoms with E-state index in [0.717, 1.165) is 11.0 Å². The second-order valence-electron chi connectivity index (χ2n) is 5.02. The van der Waals surface area contributed by atoms with E-state index in [9.17, 15) is 10.2 Å². The summed E-state index contributed by atoms with van der Waals surface area (Å²) < 4.78 is 8.30. The molecule has 0 radical (unpaired) electrons. The number of hydrogen-bond acceptors (Lipinski definition) is 8. The van der Waals surface area contributed by atoms with Crippen LogP contribution in [-0.4, -0.2) is 65.6 Å². The highest BCUT2D eigenvalue weighted by molar-refractivity contribution is 14.1. The minimum absolute atomic E-state index is 0.261. The minimum atomic E-state index is -1.07. The van der Waals surface area contributed by atoms with E-state index in [1.807, 2.05) is 0 Å². The summed E-state index contributed by atoms with van der Waals surface area (Å²) in [6.45, 7) is 1.27. The van der Waals surface area contributed by atoms with E-state index in [-0.39, 0.29) is 5.82 Å². The van der Waals surface area contributed by atoms with E-state index in [4.69, 9.17) is 10.5 Å². The second-order valence-corrected chi connectivity index (χ2v) is 6.10. The number of nitrogens with one attached hydrogen (secondary N) is 1. The fraction of sp³-hybridized carbons (Fsp3) is 0.583. The van der Waals surface area contributed by atoms with Gasteiger partial charge in [0.1, 0.15) is 30.2 Å². The molecular weight excluding hydrogens is 403 g/mol. The smallest absolute Gasteiger partial charge is 0.167 e. The average Bonchev–Trinajstić information content (AvgIpc) is 3.05. The summed E-state index contributed by atoms with van der Waals surface area (Å²) in [7, 11) is 0. The lowest BCUT2D eigenvalue weighted by molar-refractivity contribution is -0.0340. The molecule has 1 fully saturated rings. The quantitative estimate of drug-likeness (QED) is 0.277. The molecule has 5 N–H and O–H groups in total. The number of aliphatic hydroxyl groups is 2. The summed E-state index contributed by atoms with van der Waals surface area (Å²) in [5.41, 5.74) is 6.65. The van der Waals surface area contributed by atoms with E-state index in [0.29, 0.717) is 17.7 Å². The molecule has 0 saturated carbocycles. The van der Waals surface area contributed by atoms with Crippen molar-refractivity contribution in [2.45, 2.75) is 24.5 Å². The van der Waals surface area contributed by atoms with Gasteiger partial charge in [-0.15, -0.1) is 0 Å². The highest BCUT2D eigenvalue weighted by atomic mass is 127. The minimum Gasteiger partial charge on any atom is -0.387 e. The maximum absolute atomic E-state index is 10.3. The molecule has 0 aliphatic carbocycles. The van der Waals surface area contributed by atoms with Crippen LogP contribution in [0.2, 0.25) is 0 Å². The van der Waals surface area contributed by atoms with E-state index < -0.39 is 24.5 Å². The van der Waals surface area contributed by atoms with Gasteiger partial charge in [-0.25, -0.2) is 15.0 Å². The van der Waals surface area contributed by atoms with E-state index in [1.54, 1.807) is 4.57 Å². The molecule has 1 saturated heterocycles. The molecule has 1 aliphatic rings. The van der Waals surface area contributed by atoms with E-state index >= 15 is 0 Å². The molecule has 120 valence electrons. The molecule has 0 aromatic carbocycles. The van der Waals surface area contributed by atoms with Gasteiger partial charge in [-0.05, 0) is 0 Å². The van der Waals surface area contributed by atoms with Gasteiger partial charge in [0.05, 0.1) is 6.33 Å². The molecule has 22 heavy (non-hydrogen) atoms. The van der Waals surface area contributed by atoms with Gasteiger partial charge >= 0.3 is 0 Å². The van der Waals surface area contributed by atoms with Crippen molar-refractivity contribution in [1.29, 1.82) is 0 Å². The number of anilines is 1. The molecule has 0 bridgehead atoms. The van der Waals surface area contributed by atoms with E-state index in [1.165, 1.54) is 12.7 Å². The zero-order valence-corrected chi connectivity index (χ0v) is 13.8. The van der Waals surface area contributed by atoms with Crippen LogP contribution >= 0.6 is 22.6 Å². The lowest BCUT2D eigenvalue weighted by Crippen LogP contribution is -2.38. The Morgan fingerprint density at radius 1 is 1.32 bits per heavy atom. The highest BCUT2D eigenvalue weighted by Gasteiger charge is 2.44. The number of hydrogen-bond donors (Lipinski definition) is 4. The molecule has 0 amide bonds. The van der Waals surface area contributed by atoms with Gasteiger partial charge in [-0.2, -0.15) is 0 Å². The zero-order chi connectivity index (χ0) is 15.7. The summed E-state index contributed by atoms with van der Waals surface area (Å²) in [6.07, 6.45) is -0.507. The number of rotatable bonds is 5. The maximum atomic E-state index is 10.3. The van der Waals surface area contributed by atoms with Crippen LogP contribution in [0.15, 0.2) is 12.7 Å². The molecule has 4 atom stereocenters. The predicted octanol–water partition coefficient (Wildman–Crippen LogP) is -0.948. The van der Waals surface area contributed by atoms with Crippen LogP contribution in [0, 0.1) is 0 Å². The number of imidazole rings is 1. The second kappa shape index (κ2) is 6.58. The van der Waals surface area contributed by atoms with Crippen molar-refractivity contribution in [1.82, 2.24) is 24.8 Å². The van der Waals surface area contributed by atoms with Crippen molar-refractivity contribution in [2.75, 3.05) is 23.3 Å². The topological polar surface area (TPSA) is 131 Å². The van der Waals surface area contributed by atoms with Crippen LogP contribution in [0.3, 0.4) is 0 Å². The Morgan fingerprint density at radius 2 is 2.14 bits per heavy atom. The molecule has 3 rings (SSSR count). The van der Waals surface area contributed by atoms with Crippen LogP contribution in [0.4, 0.5) is 5.82 Å². The number of nitrogen functional groups attached to an aromatic ring is 1. The Bertz CT molecular complexity index is 653. The first-order valence-electron chi connectivity index (χ1n) is 6.84. The number of aromatic nitrogens is 4. The predicted molar refractivity (Wildman–Crippen MR) is 87.4 cm³/mol. The number of aliphatic hydroxyl groups excluding tert-OH is 2. The van der Waals surface area contributed by atoms with Crippen molar-refractivity contribution in [3.8, 4) is 0 Å². The highest BCUT2D eigenvalue weighted by Crippen LogP contribution is 2.31. The number of alkyl halides is 1. The molecule has 10 heteroatoms. The maximum Gasteiger partial charge on any atom is 0.167 e. The third-order valence-electron chi connectivity index (χ3n) is 3.62. The molecule has 0 spiro atoms. The first-order valence-corrected chi connectivity index (χ1v) is 8.37. The molecule has 9 nitrogen and oxygen atoms in total. The normalized spacial score (nSPS) is 28.5. The van der Waals surface area contributed by atoms with Gasteiger partial charge in [0.15, 0.2) is 17.7 Å². The molecule has 3 heterocycles. The van der Waals surface area contributed by atoms with Crippen molar-refractivity contribution in [3.05, 3.63) is 12.7 Å². The Morgan fingerprint density at radius 3 is 2.91 bits per heavy atom. The largest absolute Gasteiger partial charge is 0.387 e. The fourth-order valence-electron chi connectivity index (χ4n) is 2.50. The van der Waals surface area contributed by atoms with Crippen molar-refractivity contribution < 1.29 is 14.9 Å². The summed E-state index contributed by atoms with van der Waals surface area (Å²) in [4.78, 5) is 12.1. The third kappa shape index (κ3) is 2.76. The summed E-state index contributed by atoms with van der Waals surface area (Å²) in [5.74, 6) is 0.261. The lowest BCUT2D eigenvalue weighted by atomic mass is 10.1. The van der Waals surface area contributed by atoms with Crippen molar-refractivity contribution in [2.24, 2.45) is 0 Å². The molecule has 2 unspecified atom stereocenters. The molecule has 1 aliphatic heterocycles. The van der Waals surface area contributed by atoms with Crippen LogP contribution in [-0.2, 0) is 4.74 Å². The molecule has 2 aromatic rings. The number of nitrogens with two attached hydrogens (primary N) is 1. The van der Waals surface area contributed by atoms with E-state index in [2.05, 4.69) is 42.9 Å². The van der Waals surface area contributed by atoms with Gasteiger partial charge in [0.25, 0.3) is 0 Å². The summed E-state index contributed by atoms with van der Waals surface area (Å²) in [5, 5.41) is 23.6. The summed E-state index contributed by atoms with van der Waals surface area (Å²) in [6, 6.07) is 0. The standard InChI is InChI=1S/C12H17IN6O3/c13-1-2-15-3-6-8(20)9(21)12(22-6)19-5-18-7-10(14)16-4-17-11(7)19/h4-6,8-9,12,15,20-21H,1-3H2,(H2,14,16,17)/t6?,8-,9-,12?/m1/s1. The van der Waals surface area contributed by atoms with Crippen LogP contribution < -0.4 is 11.1 Å². The van der Waals surface area contributed by atoms with Crippen molar-refractivity contribution >= 4 is 39.6 Å². The van der Waals surface area contributed by atoms with Crippen molar-refractivity contribution in [3.63, 3.8) is 0 Å². The van der Waals surface area contributed by atoms with Gasteiger partial charge in [-0.1, -0.05) is 22.6 Å². The Labute approximate surface area is 140 Å². The number of fused-ring (bicyclic) bond motifs is 1. The first-order chi connectivity index (χ1) is 10.6. The Hall–Kier alpha value is -1.08. The average molecular weight is 420 g/mol. The zero-order valence-electron chi connectivity index (χ0n) is 11.6. The Balaban J connectivity index is 1.83. The van der Waals surface area contributed by atoms with Crippen LogP contribution in [0.1, 0.15) is 6.23 Å². The summed E-state index contributed by atoms with van der Waals surface area (Å²) >= 11 is 2.25. The Kier molecular flexibility index (Phi) is 4.73. The van der Waals surface area contributed by atoms with Gasteiger partial charge in [-0.3, -0.25) is 4.57 Å². The lowest BCUT2D eigenvalue weighted by Gasteiger charge is -2.16. The van der Waals surface area contributed by atoms with Crippen LogP contribution in [0.5, 0.6) is 0 Å². The fourth-order valence-corrected chi connectivity index (χ4v) is 2.88. The van der Waals surface area contributed by atoms with Crippen LogP contribution in [0.25, 0.3) is 11.2 Å². The number of ether oxygens (including phenoxy) is 1. The SMILES string of the molecule is Nc1ncnc2c1ncn2C1OC(CNCCI)[C@@H](O)[C@H]1O. The number of halogens is 1. The first kappa shape index (κ1) is 15.8. The van der Waals surface area contributed by atoms with Gasteiger partial charge < -0.3 is 26.0 Å².